The van der Waals surface area contributed by atoms with E-state index in [1.54, 1.807) is 0 Å². The molecule has 0 saturated carbocycles. The van der Waals surface area contributed by atoms with E-state index in [0.29, 0.717) is 0 Å². The van der Waals surface area contributed by atoms with Crippen molar-refractivity contribution in [1.29, 1.82) is 0 Å². The molecule has 2 aliphatic heterocycles. The summed E-state index contributed by atoms with van der Waals surface area (Å²) < 4.78 is 0. The quantitative estimate of drug-likeness (QED) is 0.384. The van der Waals surface area contributed by atoms with E-state index in [0.717, 1.165) is 13.3 Å². The molecule has 0 bridgehead atoms. The molecule has 2 heterocycles. The number of ketones is 1. The van der Waals surface area contributed by atoms with Crippen LogP contribution in [0.15, 0.2) is 0 Å². The number of carbonyl (C=O) groups is 1. The van der Waals surface area contributed by atoms with Crippen LogP contribution in [0.1, 0.15) is 57.4 Å². The summed E-state index contributed by atoms with van der Waals surface area (Å²) in [4.78, 5) is 19.0. The summed E-state index contributed by atoms with van der Waals surface area (Å²) in [6.45, 7) is 17.2. The van der Waals surface area contributed by atoms with Crippen LogP contribution in [0.4, 0.5) is 0 Å². The maximum atomic E-state index is 9.44. The SMILES string of the molecule is C.C.C.C.CC(C)=O.CCN1CCN(C)C1.CCN1CCN(C)C1.[Cl-].[Cl-].[K+]. The minimum atomic E-state index is 0. The van der Waals surface area contributed by atoms with Crippen LogP contribution in [0, 0.1) is 0 Å². The van der Waals surface area contributed by atoms with E-state index >= 15 is 0 Å². The first-order valence-electron chi connectivity index (χ1n) is 7.68. The van der Waals surface area contributed by atoms with Crippen molar-refractivity contribution < 1.29 is 81.0 Å². The molecule has 0 aromatic rings. The van der Waals surface area contributed by atoms with Crippen molar-refractivity contribution in [3.8, 4) is 0 Å². The van der Waals surface area contributed by atoms with Gasteiger partial charge in [0.2, 0.25) is 0 Å². The van der Waals surface area contributed by atoms with E-state index < -0.39 is 0 Å². The molecule has 2 rings (SSSR count). The molecule has 0 atom stereocenters. The predicted molar refractivity (Wildman–Crippen MR) is 113 cm³/mol. The second-order valence-electron chi connectivity index (χ2n) is 5.77. The van der Waals surface area contributed by atoms with Crippen molar-refractivity contribution in [3.05, 3.63) is 0 Å². The number of halogens is 2. The van der Waals surface area contributed by atoms with Crippen LogP contribution in [0.3, 0.4) is 0 Å². The molecule has 168 valence electrons. The smallest absolute Gasteiger partial charge is 1.00 e. The molecular formula is C19H50Cl2KN4O-. The molecule has 2 fully saturated rings. The van der Waals surface area contributed by atoms with Crippen molar-refractivity contribution in [3.63, 3.8) is 0 Å². The molecule has 0 aliphatic carbocycles. The number of carbonyl (C=O) groups excluding carboxylic acids is 1. The monoisotopic (exact) mass is 459 g/mol. The van der Waals surface area contributed by atoms with Gasteiger partial charge in [0.1, 0.15) is 5.78 Å². The number of likely N-dealkylation sites (N-methyl/N-ethyl adjacent to an activating group) is 4. The van der Waals surface area contributed by atoms with E-state index in [2.05, 4.69) is 47.5 Å². The number of nitrogens with zero attached hydrogens (tertiary/aromatic N) is 4. The third-order valence-corrected chi connectivity index (χ3v) is 3.37. The summed E-state index contributed by atoms with van der Waals surface area (Å²) in [6.07, 6.45) is 0. The Hall–Kier alpha value is 1.73. The minimum Gasteiger partial charge on any atom is -1.00 e. The molecule has 8 heteroatoms. The summed E-state index contributed by atoms with van der Waals surface area (Å²) in [5, 5.41) is 0. The summed E-state index contributed by atoms with van der Waals surface area (Å²) in [7, 11) is 4.32. The zero-order valence-corrected chi connectivity index (χ0v) is 20.7. The summed E-state index contributed by atoms with van der Waals surface area (Å²) in [6, 6.07) is 0. The van der Waals surface area contributed by atoms with Gasteiger partial charge in [-0.1, -0.05) is 43.6 Å². The van der Waals surface area contributed by atoms with Gasteiger partial charge >= 0.3 is 51.4 Å². The van der Waals surface area contributed by atoms with Gasteiger partial charge in [0.05, 0.1) is 13.3 Å². The van der Waals surface area contributed by atoms with Gasteiger partial charge in [-0.25, -0.2) is 0 Å². The maximum absolute atomic E-state index is 9.44. The fourth-order valence-electron chi connectivity index (χ4n) is 2.11. The zero-order chi connectivity index (χ0) is 15.5. The Morgan fingerprint density at radius 2 is 0.926 bits per heavy atom. The van der Waals surface area contributed by atoms with E-state index in [9.17, 15) is 4.79 Å². The molecule has 0 amide bonds. The summed E-state index contributed by atoms with van der Waals surface area (Å²) >= 11 is 0. The fraction of sp³-hybridized carbons (Fsp3) is 0.947. The second kappa shape index (κ2) is 32.4. The van der Waals surface area contributed by atoms with Gasteiger partial charge in [-0.3, -0.25) is 19.6 Å². The van der Waals surface area contributed by atoms with Crippen molar-refractivity contribution in [1.82, 2.24) is 19.6 Å². The van der Waals surface area contributed by atoms with E-state index in [4.69, 9.17) is 0 Å². The number of hydrogen-bond acceptors (Lipinski definition) is 5. The van der Waals surface area contributed by atoms with Crippen LogP contribution in [-0.2, 0) is 4.79 Å². The van der Waals surface area contributed by atoms with Crippen LogP contribution in [0.2, 0.25) is 0 Å². The first kappa shape index (κ1) is 51.4. The van der Waals surface area contributed by atoms with Gasteiger partial charge in [0.25, 0.3) is 0 Å². The maximum Gasteiger partial charge on any atom is 1.00 e. The zero-order valence-electron chi connectivity index (χ0n) is 16.1. The first-order chi connectivity index (χ1) is 9.38. The number of hydrogen-bond donors (Lipinski definition) is 0. The molecule has 0 unspecified atom stereocenters. The molecule has 5 nitrogen and oxygen atoms in total. The van der Waals surface area contributed by atoms with Crippen LogP contribution in [0.25, 0.3) is 0 Å². The summed E-state index contributed by atoms with van der Waals surface area (Å²) in [5.41, 5.74) is 0. The van der Waals surface area contributed by atoms with Gasteiger partial charge in [0.15, 0.2) is 0 Å². The minimum absolute atomic E-state index is 0. The Morgan fingerprint density at radius 1 is 0.704 bits per heavy atom. The van der Waals surface area contributed by atoms with Gasteiger partial charge in [-0.05, 0) is 41.0 Å². The number of rotatable bonds is 2. The fourth-order valence-corrected chi connectivity index (χ4v) is 2.11. The van der Waals surface area contributed by atoms with E-state index in [1.807, 2.05) is 0 Å². The molecule has 0 radical (unpaired) electrons. The van der Waals surface area contributed by atoms with Gasteiger partial charge < -0.3 is 29.6 Å². The Morgan fingerprint density at radius 3 is 1.00 bits per heavy atom. The van der Waals surface area contributed by atoms with Crippen LogP contribution < -0.4 is 76.2 Å². The second-order valence-corrected chi connectivity index (χ2v) is 5.77. The Kier molecular flexibility index (Phi) is 61.7. The number of Topliss-reactive ketones (excluding diaryl/α,β-unsaturated/α-hetero) is 1. The van der Waals surface area contributed by atoms with Crippen molar-refractivity contribution in [2.45, 2.75) is 57.4 Å². The van der Waals surface area contributed by atoms with Crippen molar-refractivity contribution in [2.75, 3.05) is 66.7 Å². The predicted octanol–water partition coefficient (Wildman–Crippen LogP) is -5.43. The van der Waals surface area contributed by atoms with Gasteiger partial charge in [-0.2, -0.15) is 0 Å². The van der Waals surface area contributed by atoms with Crippen LogP contribution in [0.5, 0.6) is 0 Å². The molecule has 0 N–H and O–H groups in total. The molecule has 27 heavy (non-hydrogen) atoms. The Balaban J connectivity index is -0.0000000308. The van der Waals surface area contributed by atoms with Gasteiger partial charge in [-0.15, -0.1) is 0 Å². The molecule has 0 aromatic carbocycles. The molecule has 0 aromatic heterocycles. The molecule has 2 aliphatic rings. The summed E-state index contributed by atoms with van der Waals surface area (Å²) in [5.74, 6) is 0.167. The molecule has 2 saturated heterocycles. The topological polar surface area (TPSA) is 30.0 Å². The molecule has 0 spiro atoms. The van der Waals surface area contributed by atoms with Gasteiger partial charge in [0, 0.05) is 26.2 Å². The molecular weight excluding hydrogens is 410 g/mol. The normalized spacial score (nSPS) is 15.6. The average Bonchev–Trinajstić information content (AvgIpc) is 2.97. The van der Waals surface area contributed by atoms with Crippen LogP contribution >= 0.6 is 0 Å². The average molecular weight is 461 g/mol. The first-order valence-corrected chi connectivity index (χ1v) is 7.68. The third-order valence-electron chi connectivity index (χ3n) is 3.37. The van der Waals surface area contributed by atoms with E-state index in [-0.39, 0.29) is 112 Å². The van der Waals surface area contributed by atoms with Crippen molar-refractivity contribution in [2.24, 2.45) is 0 Å². The van der Waals surface area contributed by atoms with Crippen molar-refractivity contribution >= 4 is 5.78 Å². The van der Waals surface area contributed by atoms with E-state index in [1.165, 1.54) is 53.1 Å². The standard InChI is InChI=1S/2C6H14N2.C3H6O.4CH4.2ClH.K/c2*1-3-8-5-4-7(2)6-8;1-3(2)4;;;;;;;/h2*3-6H2,1-2H3;1-2H3;4*1H4;2*1H;/q;;;;;;;;;+1/p-2. The Labute approximate surface area is 228 Å². The largest absolute Gasteiger partial charge is 1.00 e. The van der Waals surface area contributed by atoms with Crippen LogP contribution in [-0.4, -0.2) is 92.1 Å². The third kappa shape index (κ3) is 32.6. The Bertz CT molecular complexity index is 254.